The fourth-order valence-electron chi connectivity index (χ4n) is 4.16. The molecule has 0 saturated carbocycles. The number of nitrogens with one attached hydrogen (secondary N) is 1. The summed E-state index contributed by atoms with van der Waals surface area (Å²) >= 11 is 0. The minimum absolute atomic E-state index is 0.145. The molecule has 2 rings (SSSR count). The van der Waals surface area contributed by atoms with Crippen molar-refractivity contribution in [3.05, 3.63) is 114 Å². The van der Waals surface area contributed by atoms with E-state index in [0.717, 1.165) is 24.0 Å². The second-order valence-electron chi connectivity index (χ2n) is 9.38. The minimum Gasteiger partial charge on any atom is -0.330 e. The van der Waals surface area contributed by atoms with E-state index in [0.29, 0.717) is 11.7 Å². The van der Waals surface area contributed by atoms with Gasteiger partial charge in [-0.1, -0.05) is 68.5 Å². The summed E-state index contributed by atoms with van der Waals surface area (Å²) in [7, 11) is 0. The van der Waals surface area contributed by atoms with Crippen LogP contribution < -0.4 is 5.32 Å². The van der Waals surface area contributed by atoms with Gasteiger partial charge in [0.1, 0.15) is 0 Å². The fourth-order valence-corrected chi connectivity index (χ4v) is 4.16. The summed E-state index contributed by atoms with van der Waals surface area (Å²) < 4.78 is 2.21. The molecule has 0 bridgehead atoms. The Morgan fingerprint density at radius 1 is 1.21 bits per heavy atom. The monoisotopic (exact) mass is 457 g/mol. The molecule has 0 fully saturated rings. The molecule has 1 amide bonds. The minimum atomic E-state index is -0.173. The van der Waals surface area contributed by atoms with E-state index in [1.54, 1.807) is 12.2 Å². The number of imidazole rings is 1. The number of allylic oxidation sites excluding steroid dienone is 13. The highest BCUT2D eigenvalue weighted by atomic mass is 16.1. The maximum atomic E-state index is 12.2. The Morgan fingerprint density at radius 3 is 2.62 bits per heavy atom. The van der Waals surface area contributed by atoms with E-state index in [1.807, 2.05) is 56.8 Å². The maximum absolute atomic E-state index is 12.2. The molecule has 1 aliphatic rings. The highest BCUT2D eigenvalue weighted by Crippen LogP contribution is 2.45. The first-order valence-electron chi connectivity index (χ1n) is 11.8. The van der Waals surface area contributed by atoms with Crippen molar-refractivity contribution in [2.24, 2.45) is 5.41 Å². The standard InChI is InChI=1S/C30H39N3O/c1-8-10-14-26(9-2)32-29(34)21-24(4)13-11-12-23(3)15-16-27-25(5)28(17-18-30(27,6)7)33-20-19-31-22-33/h8-16,19-22,28H,2,17-18H2,1,3-7H3,(H,32,34)/b10-8-,13-11+,16-15+,23-12+,24-21+,26-14+. The Balaban J connectivity index is 2.09. The largest absolute Gasteiger partial charge is 0.330 e. The molecule has 0 aromatic carbocycles. The summed E-state index contributed by atoms with van der Waals surface area (Å²) in [5, 5.41) is 2.82. The average Bonchev–Trinajstić information content (AvgIpc) is 3.30. The first-order chi connectivity index (χ1) is 16.2. The van der Waals surface area contributed by atoms with Crippen LogP contribution in [0.3, 0.4) is 0 Å². The zero-order valence-corrected chi connectivity index (χ0v) is 21.5. The molecule has 1 atom stereocenters. The second kappa shape index (κ2) is 12.7. The number of amides is 1. The molecule has 1 aromatic heterocycles. The van der Waals surface area contributed by atoms with Gasteiger partial charge in [-0.3, -0.25) is 4.79 Å². The number of carbonyl (C=O) groups excluding carboxylic acids is 1. The van der Waals surface area contributed by atoms with Gasteiger partial charge in [0, 0.05) is 24.2 Å². The Morgan fingerprint density at radius 2 is 1.97 bits per heavy atom. The molecule has 0 radical (unpaired) electrons. The van der Waals surface area contributed by atoms with Crippen LogP contribution in [0.5, 0.6) is 0 Å². The van der Waals surface area contributed by atoms with Crippen molar-refractivity contribution in [1.82, 2.24) is 14.9 Å². The third kappa shape index (κ3) is 7.87. The van der Waals surface area contributed by atoms with Gasteiger partial charge in [0.05, 0.1) is 12.4 Å². The Hall–Kier alpha value is -3.40. The second-order valence-corrected chi connectivity index (χ2v) is 9.38. The first-order valence-corrected chi connectivity index (χ1v) is 11.8. The van der Waals surface area contributed by atoms with Gasteiger partial charge >= 0.3 is 0 Å². The van der Waals surface area contributed by atoms with E-state index >= 15 is 0 Å². The summed E-state index contributed by atoms with van der Waals surface area (Å²) in [6.07, 6.45) is 27.3. The number of carbonyl (C=O) groups is 1. The number of hydrogen-bond acceptors (Lipinski definition) is 2. The van der Waals surface area contributed by atoms with E-state index < -0.39 is 0 Å². The molecule has 0 spiro atoms. The molecule has 1 aromatic rings. The van der Waals surface area contributed by atoms with E-state index in [4.69, 9.17) is 0 Å². The van der Waals surface area contributed by atoms with Gasteiger partial charge in [-0.15, -0.1) is 0 Å². The summed E-state index contributed by atoms with van der Waals surface area (Å²) in [5.74, 6) is -0.173. The average molecular weight is 458 g/mol. The third-order valence-electron chi connectivity index (χ3n) is 6.13. The van der Waals surface area contributed by atoms with Crippen LogP contribution in [0.4, 0.5) is 0 Å². The number of hydrogen-bond donors (Lipinski definition) is 1. The summed E-state index contributed by atoms with van der Waals surface area (Å²) in [5.41, 5.74) is 5.63. The number of nitrogens with zero attached hydrogens (tertiary/aromatic N) is 2. The maximum Gasteiger partial charge on any atom is 0.248 e. The lowest BCUT2D eigenvalue weighted by atomic mass is 9.71. The lowest BCUT2D eigenvalue weighted by molar-refractivity contribution is -0.115. The number of aromatic nitrogens is 2. The molecule has 4 heteroatoms. The lowest BCUT2D eigenvalue weighted by Gasteiger charge is -2.37. The van der Waals surface area contributed by atoms with Crippen LogP contribution in [0, 0.1) is 5.41 Å². The normalized spacial score (nSPS) is 20.1. The summed E-state index contributed by atoms with van der Waals surface area (Å²) in [6.45, 7) is 16.5. The van der Waals surface area contributed by atoms with Gasteiger partial charge in [0.15, 0.2) is 0 Å². The van der Waals surface area contributed by atoms with Crippen molar-refractivity contribution in [3.63, 3.8) is 0 Å². The fraction of sp³-hybridized carbons (Fsp3) is 0.333. The zero-order chi connectivity index (χ0) is 25.1. The Labute approximate surface area is 205 Å². The Bertz CT molecular complexity index is 1070. The van der Waals surface area contributed by atoms with Crippen molar-refractivity contribution in [1.29, 1.82) is 0 Å². The van der Waals surface area contributed by atoms with Crippen LogP contribution in [-0.4, -0.2) is 15.5 Å². The lowest BCUT2D eigenvalue weighted by Crippen LogP contribution is -2.25. The molecule has 1 unspecified atom stereocenters. The van der Waals surface area contributed by atoms with Gasteiger partial charge in [0.25, 0.3) is 0 Å². The molecule has 34 heavy (non-hydrogen) atoms. The van der Waals surface area contributed by atoms with E-state index in [2.05, 4.69) is 73.6 Å². The molecule has 1 heterocycles. The predicted molar refractivity (Wildman–Crippen MR) is 144 cm³/mol. The summed E-state index contributed by atoms with van der Waals surface area (Å²) in [4.78, 5) is 16.4. The van der Waals surface area contributed by atoms with Gasteiger partial charge in [-0.25, -0.2) is 4.98 Å². The van der Waals surface area contributed by atoms with Crippen LogP contribution in [0.25, 0.3) is 0 Å². The van der Waals surface area contributed by atoms with Crippen molar-refractivity contribution >= 4 is 5.91 Å². The number of rotatable bonds is 9. The van der Waals surface area contributed by atoms with Crippen molar-refractivity contribution in [2.75, 3.05) is 0 Å². The van der Waals surface area contributed by atoms with Gasteiger partial charge < -0.3 is 9.88 Å². The van der Waals surface area contributed by atoms with Gasteiger partial charge in [-0.2, -0.15) is 0 Å². The molecular formula is C30H39N3O. The molecular weight excluding hydrogens is 418 g/mol. The van der Waals surface area contributed by atoms with Crippen LogP contribution >= 0.6 is 0 Å². The molecule has 4 nitrogen and oxygen atoms in total. The highest BCUT2D eigenvalue weighted by molar-refractivity contribution is 5.90. The van der Waals surface area contributed by atoms with E-state index in [-0.39, 0.29) is 11.3 Å². The SMILES string of the molecule is C=C/C(=C\C=C/C)NC(=O)/C=C(C)/C=C/C=C(C)/C=C/C1=C(C)C(n2ccnc2)CCC1(C)C. The molecule has 1 N–H and O–H groups in total. The van der Waals surface area contributed by atoms with Crippen LogP contribution in [0.2, 0.25) is 0 Å². The highest BCUT2D eigenvalue weighted by Gasteiger charge is 2.32. The third-order valence-corrected chi connectivity index (χ3v) is 6.13. The van der Waals surface area contributed by atoms with Crippen LogP contribution in [-0.2, 0) is 4.79 Å². The van der Waals surface area contributed by atoms with Crippen LogP contribution in [0.15, 0.2) is 114 Å². The quantitative estimate of drug-likeness (QED) is 0.312. The molecule has 1 aliphatic carbocycles. The topological polar surface area (TPSA) is 46.9 Å². The van der Waals surface area contributed by atoms with E-state index in [1.165, 1.54) is 11.1 Å². The summed E-state index contributed by atoms with van der Waals surface area (Å²) in [6, 6.07) is 0.368. The Kier molecular flexibility index (Phi) is 10.1. The first kappa shape index (κ1) is 26.8. The smallest absolute Gasteiger partial charge is 0.248 e. The van der Waals surface area contributed by atoms with Crippen molar-refractivity contribution in [2.45, 2.75) is 60.4 Å². The zero-order valence-electron chi connectivity index (χ0n) is 21.5. The molecule has 180 valence electrons. The predicted octanol–water partition coefficient (Wildman–Crippen LogP) is 7.33. The molecule has 0 aliphatic heterocycles. The van der Waals surface area contributed by atoms with Gasteiger partial charge in [-0.05, 0) is 74.8 Å². The van der Waals surface area contributed by atoms with Crippen molar-refractivity contribution in [3.8, 4) is 0 Å². The molecule has 0 saturated heterocycles. The van der Waals surface area contributed by atoms with Crippen LogP contribution in [0.1, 0.15) is 60.4 Å². The van der Waals surface area contributed by atoms with Gasteiger partial charge in [0.2, 0.25) is 5.91 Å². The van der Waals surface area contributed by atoms with Crippen molar-refractivity contribution < 1.29 is 4.79 Å². The van der Waals surface area contributed by atoms with E-state index in [9.17, 15) is 4.79 Å².